The Balaban J connectivity index is 1.69. The Hall–Kier alpha value is -2.04. The van der Waals surface area contributed by atoms with E-state index in [9.17, 15) is 14.7 Å². The van der Waals surface area contributed by atoms with Crippen LogP contribution in [0.2, 0.25) is 0 Å². The summed E-state index contributed by atoms with van der Waals surface area (Å²) in [5.41, 5.74) is -0.0505. The van der Waals surface area contributed by atoms with Gasteiger partial charge < -0.3 is 15.2 Å². The van der Waals surface area contributed by atoms with Gasteiger partial charge in [-0.15, -0.1) is 0 Å². The molecule has 5 heteroatoms. The van der Waals surface area contributed by atoms with Crippen LogP contribution in [-0.4, -0.2) is 29.1 Å². The van der Waals surface area contributed by atoms with Gasteiger partial charge in [-0.05, 0) is 37.3 Å². The monoisotopic (exact) mass is 275 g/mol. The number of ether oxygens (including phenoxy) is 1. The van der Waals surface area contributed by atoms with Gasteiger partial charge in [-0.3, -0.25) is 4.79 Å². The van der Waals surface area contributed by atoms with Crippen molar-refractivity contribution in [2.24, 2.45) is 5.92 Å². The lowest BCUT2D eigenvalue weighted by Gasteiger charge is -2.39. The Morgan fingerprint density at radius 2 is 2.05 bits per heavy atom. The number of carboxylic acid groups (broad SMARTS) is 1. The smallest absolute Gasteiger partial charge is 0.329 e. The average molecular weight is 275 g/mol. The first-order valence-corrected chi connectivity index (χ1v) is 6.87. The molecule has 1 aromatic rings. The van der Waals surface area contributed by atoms with Crippen LogP contribution in [0.15, 0.2) is 24.3 Å². The molecule has 2 aliphatic rings. The van der Waals surface area contributed by atoms with E-state index in [-0.39, 0.29) is 11.8 Å². The topological polar surface area (TPSA) is 75.6 Å². The van der Waals surface area contributed by atoms with Gasteiger partial charge >= 0.3 is 5.97 Å². The lowest BCUT2D eigenvalue weighted by Crippen LogP contribution is -2.60. The number of carbonyl (C=O) groups is 2. The number of para-hydroxylation sites is 1. The molecule has 0 aromatic heterocycles. The zero-order valence-electron chi connectivity index (χ0n) is 11.1. The molecule has 106 valence electrons. The van der Waals surface area contributed by atoms with Gasteiger partial charge in [0.2, 0.25) is 5.91 Å². The predicted molar refractivity (Wildman–Crippen MR) is 71.5 cm³/mol. The van der Waals surface area contributed by atoms with Crippen LogP contribution >= 0.6 is 0 Å². The highest BCUT2D eigenvalue weighted by atomic mass is 16.5. The predicted octanol–water partition coefficient (Wildman–Crippen LogP) is 1.36. The number of benzene rings is 1. The third-order valence-corrected chi connectivity index (χ3v) is 4.23. The molecule has 0 saturated heterocycles. The molecule has 1 amide bonds. The molecular weight excluding hydrogens is 258 g/mol. The lowest BCUT2D eigenvalue weighted by atomic mass is 9.76. The second-order valence-electron chi connectivity index (χ2n) is 5.55. The minimum Gasteiger partial charge on any atom is -0.492 e. The summed E-state index contributed by atoms with van der Waals surface area (Å²) in [6.45, 7) is 0.304. The highest BCUT2D eigenvalue weighted by Crippen LogP contribution is 2.33. The Bertz CT molecular complexity index is 551. The van der Waals surface area contributed by atoms with Gasteiger partial charge in [0.15, 0.2) is 0 Å². The van der Waals surface area contributed by atoms with Crippen LogP contribution in [0.25, 0.3) is 0 Å². The summed E-state index contributed by atoms with van der Waals surface area (Å²) in [5, 5.41) is 12.0. The van der Waals surface area contributed by atoms with E-state index in [0.29, 0.717) is 25.9 Å². The Labute approximate surface area is 116 Å². The normalized spacial score (nSPS) is 22.9. The van der Waals surface area contributed by atoms with Crippen LogP contribution in [0, 0.1) is 5.92 Å². The zero-order chi connectivity index (χ0) is 14.2. The Morgan fingerprint density at radius 3 is 2.70 bits per heavy atom. The van der Waals surface area contributed by atoms with Crippen molar-refractivity contribution >= 4 is 11.9 Å². The number of hydrogen-bond acceptors (Lipinski definition) is 3. The zero-order valence-corrected chi connectivity index (χ0v) is 11.1. The molecule has 0 bridgehead atoms. The largest absolute Gasteiger partial charge is 0.492 e. The van der Waals surface area contributed by atoms with Crippen molar-refractivity contribution < 1.29 is 19.4 Å². The quantitative estimate of drug-likeness (QED) is 0.873. The van der Waals surface area contributed by atoms with E-state index < -0.39 is 11.5 Å². The standard InChI is InChI=1S/C15H17NO4/c17-13(16-15(14(18)19)6-3-7-15)11-8-10-4-1-2-5-12(10)20-9-11/h1-2,4-5,11H,3,6-9H2,(H,16,17)(H,18,19)/t11-/m1/s1. The number of aliphatic carboxylic acids is 1. The average Bonchev–Trinajstić information content (AvgIpc) is 2.41. The van der Waals surface area contributed by atoms with E-state index in [4.69, 9.17) is 4.74 Å². The maximum atomic E-state index is 12.3. The third kappa shape index (κ3) is 2.13. The number of fused-ring (bicyclic) bond motifs is 1. The second kappa shape index (κ2) is 4.81. The van der Waals surface area contributed by atoms with Crippen LogP contribution < -0.4 is 10.1 Å². The van der Waals surface area contributed by atoms with Crippen molar-refractivity contribution in [2.45, 2.75) is 31.2 Å². The van der Waals surface area contributed by atoms with Gasteiger partial charge in [-0.1, -0.05) is 18.2 Å². The molecule has 1 saturated carbocycles. The van der Waals surface area contributed by atoms with Crippen molar-refractivity contribution in [3.05, 3.63) is 29.8 Å². The Morgan fingerprint density at radius 1 is 1.30 bits per heavy atom. The highest BCUT2D eigenvalue weighted by Gasteiger charge is 2.46. The summed E-state index contributed by atoms with van der Waals surface area (Å²) in [6.07, 6.45) is 2.46. The minimum absolute atomic E-state index is 0.221. The molecule has 1 aliphatic carbocycles. The van der Waals surface area contributed by atoms with Crippen LogP contribution in [0.4, 0.5) is 0 Å². The fourth-order valence-corrected chi connectivity index (χ4v) is 2.76. The summed E-state index contributed by atoms with van der Waals surface area (Å²) in [5.74, 6) is -0.661. The summed E-state index contributed by atoms with van der Waals surface area (Å²) in [7, 11) is 0. The highest BCUT2D eigenvalue weighted by molar-refractivity contribution is 5.89. The Kier molecular flexibility index (Phi) is 3.12. The minimum atomic E-state index is -1.05. The maximum Gasteiger partial charge on any atom is 0.329 e. The summed E-state index contributed by atoms with van der Waals surface area (Å²) < 4.78 is 5.58. The van der Waals surface area contributed by atoms with Crippen molar-refractivity contribution in [2.75, 3.05) is 6.61 Å². The first-order valence-electron chi connectivity index (χ1n) is 6.87. The number of hydrogen-bond donors (Lipinski definition) is 2. The molecule has 0 spiro atoms. The molecule has 2 N–H and O–H groups in total. The molecule has 1 heterocycles. The maximum absolute atomic E-state index is 12.3. The van der Waals surface area contributed by atoms with E-state index >= 15 is 0 Å². The van der Waals surface area contributed by atoms with Gasteiger partial charge in [-0.2, -0.15) is 0 Å². The van der Waals surface area contributed by atoms with Crippen LogP contribution in [0.3, 0.4) is 0 Å². The van der Waals surface area contributed by atoms with Crippen LogP contribution in [0.1, 0.15) is 24.8 Å². The molecule has 0 radical (unpaired) electrons. The molecule has 0 unspecified atom stereocenters. The lowest BCUT2D eigenvalue weighted by molar-refractivity contribution is -0.152. The van der Waals surface area contributed by atoms with Crippen molar-refractivity contribution in [1.29, 1.82) is 0 Å². The molecule has 1 aliphatic heterocycles. The van der Waals surface area contributed by atoms with E-state index in [1.54, 1.807) is 0 Å². The number of nitrogens with one attached hydrogen (secondary N) is 1. The number of carboxylic acids is 1. The first-order chi connectivity index (χ1) is 9.61. The molecular formula is C15H17NO4. The SMILES string of the molecule is O=C(NC1(C(=O)O)CCC1)[C@H]1COc2ccccc2C1. The van der Waals surface area contributed by atoms with Crippen molar-refractivity contribution in [3.8, 4) is 5.75 Å². The van der Waals surface area contributed by atoms with Gasteiger partial charge in [0, 0.05) is 0 Å². The molecule has 1 aromatic carbocycles. The van der Waals surface area contributed by atoms with Gasteiger partial charge in [0.05, 0.1) is 5.92 Å². The van der Waals surface area contributed by atoms with Crippen molar-refractivity contribution in [3.63, 3.8) is 0 Å². The second-order valence-corrected chi connectivity index (χ2v) is 5.55. The van der Waals surface area contributed by atoms with Crippen LogP contribution in [-0.2, 0) is 16.0 Å². The van der Waals surface area contributed by atoms with Gasteiger partial charge in [0.1, 0.15) is 17.9 Å². The van der Waals surface area contributed by atoms with Crippen LogP contribution in [0.5, 0.6) is 5.75 Å². The van der Waals surface area contributed by atoms with Gasteiger partial charge in [0.25, 0.3) is 0 Å². The summed E-state index contributed by atoms with van der Waals surface area (Å²) in [4.78, 5) is 23.5. The fourth-order valence-electron chi connectivity index (χ4n) is 2.76. The van der Waals surface area contributed by atoms with E-state index in [1.165, 1.54) is 0 Å². The van der Waals surface area contributed by atoms with E-state index in [0.717, 1.165) is 17.7 Å². The molecule has 20 heavy (non-hydrogen) atoms. The molecule has 3 rings (SSSR count). The van der Waals surface area contributed by atoms with E-state index in [2.05, 4.69) is 5.32 Å². The molecule has 1 fully saturated rings. The van der Waals surface area contributed by atoms with Gasteiger partial charge in [-0.25, -0.2) is 4.79 Å². The number of amides is 1. The van der Waals surface area contributed by atoms with E-state index in [1.807, 2.05) is 24.3 Å². The summed E-state index contributed by atoms with van der Waals surface area (Å²) >= 11 is 0. The van der Waals surface area contributed by atoms with Crippen molar-refractivity contribution in [1.82, 2.24) is 5.32 Å². The summed E-state index contributed by atoms with van der Waals surface area (Å²) in [6, 6.07) is 7.62. The molecule has 5 nitrogen and oxygen atoms in total. The first kappa shape index (κ1) is 13.0. The third-order valence-electron chi connectivity index (χ3n) is 4.23. The molecule has 1 atom stereocenters. The fraction of sp³-hybridized carbons (Fsp3) is 0.467. The number of rotatable bonds is 3. The number of carbonyl (C=O) groups excluding carboxylic acids is 1.